The minimum atomic E-state index is -0.579. The van der Waals surface area contributed by atoms with Gasteiger partial charge in [-0.3, -0.25) is 0 Å². The van der Waals surface area contributed by atoms with Crippen molar-refractivity contribution in [3.63, 3.8) is 0 Å². The van der Waals surface area contributed by atoms with Gasteiger partial charge in [-0.25, -0.2) is 0 Å². The molecule has 0 amide bonds. The maximum absolute atomic E-state index is 2.51. The smallest absolute Gasteiger partial charge is 0.0734 e. The first-order valence-corrected chi connectivity index (χ1v) is 20.8. The Kier molecular flexibility index (Phi) is 8.79. The Morgan fingerprint density at radius 2 is 0.700 bits per heavy atom. The van der Waals surface area contributed by atoms with Crippen molar-refractivity contribution < 1.29 is 0 Å². The third-order valence-corrected chi connectivity index (χ3v) is 12.4. The van der Waals surface area contributed by atoms with E-state index in [0.717, 1.165) is 17.1 Å². The van der Waals surface area contributed by atoms with Crippen LogP contribution in [0.15, 0.2) is 249 Å². The van der Waals surface area contributed by atoms with Gasteiger partial charge in [0, 0.05) is 16.8 Å². The summed E-state index contributed by atoms with van der Waals surface area (Å²) in [5, 5.41) is 2.49. The van der Waals surface area contributed by atoms with Gasteiger partial charge in [-0.2, -0.15) is 0 Å². The van der Waals surface area contributed by atoms with Crippen LogP contribution in [0.4, 0.5) is 17.1 Å². The van der Waals surface area contributed by atoms with Crippen LogP contribution in [0, 0.1) is 0 Å². The summed E-state index contributed by atoms with van der Waals surface area (Å²) in [5.74, 6) is 0. The van der Waals surface area contributed by atoms with Crippen molar-refractivity contribution in [3.05, 3.63) is 271 Å². The number of hydrogen-bond donors (Lipinski definition) is 0. The van der Waals surface area contributed by atoms with E-state index < -0.39 is 5.41 Å². The van der Waals surface area contributed by atoms with Crippen LogP contribution in [0.25, 0.3) is 55.3 Å². The van der Waals surface area contributed by atoms with Gasteiger partial charge in [0.2, 0.25) is 0 Å². The van der Waals surface area contributed by atoms with Gasteiger partial charge in [-0.05, 0) is 90.7 Å². The first-order chi connectivity index (χ1) is 29.8. The van der Waals surface area contributed by atoms with Crippen LogP contribution >= 0.6 is 0 Å². The minimum Gasteiger partial charge on any atom is -0.310 e. The third kappa shape index (κ3) is 5.70. The zero-order valence-electron chi connectivity index (χ0n) is 33.1. The number of para-hydroxylation sites is 1. The lowest BCUT2D eigenvalue weighted by molar-refractivity contribution is 0.768. The lowest BCUT2D eigenvalue weighted by Gasteiger charge is -2.38. The van der Waals surface area contributed by atoms with Crippen molar-refractivity contribution in [1.29, 1.82) is 0 Å². The van der Waals surface area contributed by atoms with Crippen LogP contribution in [-0.2, 0) is 5.41 Å². The lowest BCUT2D eigenvalue weighted by atomic mass is 9.67. The first kappa shape index (κ1) is 35.4. The van der Waals surface area contributed by atoms with Gasteiger partial charge < -0.3 is 4.90 Å². The van der Waals surface area contributed by atoms with Crippen molar-refractivity contribution >= 4 is 27.8 Å². The quantitative estimate of drug-likeness (QED) is 0.149. The van der Waals surface area contributed by atoms with E-state index in [9.17, 15) is 0 Å². The molecular formula is C59H41N. The Hall–Kier alpha value is -7.74. The first-order valence-electron chi connectivity index (χ1n) is 20.8. The maximum atomic E-state index is 2.51. The normalized spacial score (nSPS) is 12.5. The van der Waals surface area contributed by atoms with Gasteiger partial charge in [-0.1, -0.05) is 224 Å². The van der Waals surface area contributed by atoms with E-state index in [-0.39, 0.29) is 0 Å². The topological polar surface area (TPSA) is 3.24 Å². The molecular weight excluding hydrogens is 723 g/mol. The average Bonchev–Trinajstić information content (AvgIpc) is 3.65. The molecule has 0 saturated heterocycles. The molecule has 0 fully saturated rings. The SMILES string of the molecule is c1ccc(-c2ccccc2N(c2ccc(-c3ccc(-c4ccccc4)c4ccccc34)cc2)c2cccc3c2C(c2ccccc2)(c2ccccc2)c2ccccc2-3)cc1. The number of benzene rings is 10. The zero-order valence-corrected chi connectivity index (χ0v) is 33.1. The fourth-order valence-electron chi connectivity index (χ4n) is 9.82. The molecule has 10 aromatic rings. The molecule has 0 heterocycles. The Labute approximate surface area is 352 Å². The van der Waals surface area contributed by atoms with Gasteiger partial charge in [0.15, 0.2) is 0 Å². The van der Waals surface area contributed by atoms with Gasteiger partial charge in [0.05, 0.1) is 16.8 Å². The lowest BCUT2D eigenvalue weighted by Crippen LogP contribution is -2.30. The number of hydrogen-bond acceptors (Lipinski definition) is 1. The molecule has 0 aliphatic heterocycles. The Morgan fingerprint density at radius 3 is 1.30 bits per heavy atom. The average molecular weight is 764 g/mol. The molecule has 1 aliphatic carbocycles. The number of fused-ring (bicyclic) bond motifs is 4. The molecule has 1 heteroatoms. The fraction of sp³-hybridized carbons (Fsp3) is 0.0169. The van der Waals surface area contributed by atoms with Crippen LogP contribution in [0.2, 0.25) is 0 Å². The number of nitrogens with zero attached hydrogens (tertiary/aromatic N) is 1. The minimum absolute atomic E-state index is 0.579. The van der Waals surface area contributed by atoms with E-state index in [1.807, 2.05) is 0 Å². The molecule has 282 valence electrons. The van der Waals surface area contributed by atoms with E-state index in [4.69, 9.17) is 0 Å². The zero-order chi connectivity index (χ0) is 39.9. The molecule has 0 saturated carbocycles. The second kappa shape index (κ2) is 14.9. The highest BCUT2D eigenvalue weighted by molar-refractivity contribution is 6.05. The maximum Gasteiger partial charge on any atom is 0.0734 e. The summed E-state index contributed by atoms with van der Waals surface area (Å²) in [7, 11) is 0. The second-order valence-electron chi connectivity index (χ2n) is 15.6. The summed E-state index contributed by atoms with van der Waals surface area (Å²) in [6, 6.07) is 91.0. The molecule has 1 nitrogen and oxygen atoms in total. The van der Waals surface area contributed by atoms with E-state index in [1.165, 1.54) is 77.5 Å². The molecule has 10 aromatic carbocycles. The number of rotatable bonds is 8. The standard InChI is InChI=1S/C59H41N/c1-5-20-42(21-6-1)48-40-41-49(52-30-14-13-29-51(48)52)44-36-38-47(39-37-44)60(56-34-18-16-28-50(56)43-22-7-2-8-23-43)57-35-19-32-54-53-31-15-17-33-55(53)59(58(54)57,45-24-9-3-10-25-45)46-26-11-4-12-27-46/h1-41H. The van der Waals surface area contributed by atoms with E-state index in [2.05, 4.69) is 254 Å². The highest BCUT2D eigenvalue weighted by Gasteiger charge is 2.48. The van der Waals surface area contributed by atoms with Crippen molar-refractivity contribution in [2.24, 2.45) is 0 Å². The Bertz CT molecular complexity index is 3080. The molecule has 1 aliphatic rings. The highest BCUT2D eigenvalue weighted by atomic mass is 15.1. The molecule has 0 unspecified atom stereocenters. The summed E-state index contributed by atoms with van der Waals surface area (Å²) < 4.78 is 0. The van der Waals surface area contributed by atoms with Crippen LogP contribution in [0.5, 0.6) is 0 Å². The van der Waals surface area contributed by atoms with Crippen LogP contribution in [0.1, 0.15) is 22.3 Å². The van der Waals surface area contributed by atoms with Crippen molar-refractivity contribution in [2.45, 2.75) is 5.41 Å². The van der Waals surface area contributed by atoms with Crippen LogP contribution in [0.3, 0.4) is 0 Å². The Morgan fingerprint density at radius 1 is 0.267 bits per heavy atom. The number of anilines is 3. The van der Waals surface area contributed by atoms with Gasteiger partial charge in [0.25, 0.3) is 0 Å². The fourth-order valence-corrected chi connectivity index (χ4v) is 9.82. The van der Waals surface area contributed by atoms with Gasteiger partial charge >= 0.3 is 0 Å². The highest BCUT2D eigenvalue weighted by Crippen LogP contribution is 2.60. The second-order valence-corrected chi connectivity index (χ2v) is 15.6. The van der Waals surface area contributed by atoms with E-state index >= 15 is 0 Å². The molecule has 0 N–H and O–H groups in total. The summed E-state index contributed by atoms with van der Waals surface area (Å²) in [4.78, 5) is 2.51. The monoisotopic (exact) mass is 763 g/mol. The van der Waals surface area contributed by atoms with Crippen molar-refractivity contribution in [2.75, 3.05) is 4.90 Å². The molecule has 0 radical (unpaired) electrons. The summed E-state index contributed by atoms with van der Waals surface area (Å²) in [5.41, 5.74) is 17.6. The molecule has 0 aromatic heterocycles. The van der Waals surface area contributed by atoms with E-state index in [0.29, 0.717) is 0 Å². The van der Waals surface area contributed by atoms with Gasteiger partial charge in [0.1, 0.15) is 0 Å². The summed E-state index contributed by atoms with van der Waals surface area (Å²) >= 11 is 0. The molecule has 60 heavy (non-hydrogen) atoms. The molecule has 0 spiro atoms. The van der Waals surface area contributed by atoms with E-state index in [1.54, 1.807) is 0 Å². The molecule has 0 bridgehead atoms. The Balaban J connectivity index is 1.16. The predicted octanol–water partition coefficient (Wildman–Crippen LogP) is 15.7. The predicted molar refractivity (Wildman–Crippen MR) is 252 cm³/mol. The van der Waals surface area contributed by atoms with Crippen LogP contribution in [-0.4, -0.2) is 0 Å². The summed E-state index contributed by atoms with van der Waals surface area (Å²) in [6.07, 6.45) is 0. The largest absolute Gasteiger partial charge is 0.310 e. The van der Waals surface area contributed by atoms with Gasteiger partial charge in [-0.15, -0.1) is 0 Å². The van der Waals surface area contributed by atoms with Crippen molar-refractivity contribution in [1.82, 2.24) is 0 Å². The molecule has 11 rings (SSSR count). The third-order valence-electron chi connectivity index (χ3n) is 12.4. The molecule has 0 atom stereocenters. The van der Waals surface area contributed by atoms with Crippen molar-refractivity contribution in [3.8, 4) is 44.5 Å². The summed E-state index contributed by atoms with van der Waals surface area (Å²) in [6.45, 7) is 0. The van der Waals surface area contributed by atoms with Crippen LogP contribution < -0.4 is 4.90 Å².